The van der Waals surface area contributed by atoms with Gasteiger partial charge in [0.05, 0.1) is 12.8 Å². The monoisotopic (exact) mass is 542 g/mol. The Morgan fingerprint density at radius 3 is 2.86 bits per heavy atom. The van der Waals surface area contributed by atoms with Gasteiger partial charge in [0.1, 0.15) is 24.2 Å². The van der Waals surface area contributed by atoms with Crippen molar-refractivity contribution in [1.29, 1.82) is 0 Å². The lowest BCUT2D eigenvalue weighted by Crippen LogP contribution is -2.30. The zero-order chi connectivity index (χ0) is 25.1. The molecule has 0 saturated heterocycles. The van der Waals surface area contributed by atoms with Crippen LogP contribution in [0.4, 0.5) is 5.95 Å². The zero-order valence-electron chi connectivity index (χ0n) is 18.9. The number of halogens is 1. The van der Waals surface area contributed by atoms with Crippen molar-refractivity contribution in [1.82, 2.24) is 19.1 Å². The van der Waals surface area contributed by atoms with E-state index >= 15 is 0 Å². The molecule has 2 aromatic carbocycles. The molecule has 4 N–H and O–H groups in total. The minimum Gasteiger partial charge on any atom is -0.507 e. The second-order valence-electron chi connectivity index (χ2n) is 7.89. The number of aryl methyl sites for hydroxylation is 2. The summed E-state index contributed by atoms with van der Waals surface area (Å²) in [5, 5.41) is 24.8. The van der Waals surface area contributed by atoms with Gasteiger partial charge in [-0.25, -0.2) is 10.2 Å². The highest BCUT2D eigenvalue weighted by Crippen LogP contribution is 2.21. The molecular weight excluding hydrogens is 520 g/mol. The average Bonchev–Trinajstić information content (AvgIpc) is 3.17. The summed E-state index contributed by atoms with van der Waals surface area (Å²) in [6.07, 6.45) is 0.368. The normalized spacial score (nSPS) is 12.3. The molecule has 12 heteroatoms. The molecule has 2 aromatic heterocycles. The summed E-state index contributed by atoms with van der Waals surface area (Å²) in [5.74, 6) is 0.749. The molecule has 0 bridgehead atoms. The topological polar surface area (TPSA) is 147 Å². The van der Waals surface area contributed by atoms with Gasteiger partial charge in [0.15, 0.2) is 11.2 Å². The van der Waals surface area contributed by atoms with E-state index in [1.807, 2.05) is 25.1 Å². The predicted molar refractivity (Wildman–Crippen MR) is 135 cm³/mol. The molecule has 0 saturated carbocycles. The number of nitrogens with one attached hydrogen (secondary N) is 2. The minimum atomic E-state index is -1.01. The number of aromatic hydroxyl groups is 1. The molecule has 1 unspecified atom stereocenters. The van der Waals surface area contributed by atoms with Crippen molar-refractivity contribution < 1.29 is 14.9 Å². The number of hydrogen-bond donors (Lipinski definition) is 4. The van der Waals surface area contributed by atoms with E-state index in [1.165, 1.54) is 28.5 Å². The number of hydrogen-bond acceptors (Lipinski definition) is 8. The summed E-state index contributed by atoms with van der Waals surface area (Å²) in [7, 11) is 1.47. The van der Waals surface area contributed by atoms with Gasteiger partial charge in [-0.3, -0.25) is 14.3 Å². The van der Waals surface area contributed by atoms with Crippen molar-refractivity contribution in [3.63, 3.8) is 0 Å². The van der Waals surface area contributed by atoms with Gasteiger partial charge in [-0.2, -0.15) is 10.1 Å². The lowest BCUT2D eigenvalue weighted by Gasteiger charge is -2.15. The molecule has 35 heavy (non-hydrogen) atoms. The van der Waals surface area contributed by atoms with Crippen molar-refractivity contribution in [3.8, 4) is 11.5 Å². The summed E-state index contributed by atoms with van der Waals surface area (Å²) in [6, 6.07) is 12.3. The van der Waals surface area contributed by atoms with E-state index in [4.69, 9.17) is 4.74 Å². The third-order valence-corrected chi connectivity index (χ3v) is 5.68. The molecule has 1 atom stereocenters. The van der Waals surface area contributed by atoms with Crippen LogP contribution in [0.3, 0.4) is 0 Å². The second-order valence-corrected chi connectivity index (χ2v) is 8.81. The Kier molecular flexibility index (Phi) is 7.03. The number of aromatic amines is 1. The highest BCUT2D eigenvalue weighted by atomic mass is 79.9. The molecule has 2 heterocycles. The molecule has 0 aliphatic rings. The van der Waals surface area contributed by atoms with Gasteiger partial charge in [0.2, 0.25) is 5.95 Å². The molecule has 4 rings (SSSR count). The Bertz CT molecular complexity index is 1520. The maximum Gasteiger partial charge on any atom is 0.329 e. The van der Waals surface area contributed by atoms with E-state index in [2.05, 4.69) is 36.4 Å². The molecule has 4 aromatic rings. The van der Waals surface area contributed by atoms with Crippen LogP contribution in [0.25, 0.3) is 11.2 Å². The molecule has 0 aliphatic carbocycles. The van der Waals surface area contributed by atoms with E-state index < -0.39 is 17.4 Å². The number of aliphatic hydroxyl groups excluding tert-OH is 1. The largest absolute Gasteiger partial charge is 0.507 e. The summed E-state index contributed by atoms with van der Waals surface area (Å²) in [6.45, 7) is 1.83. The van der Waals surface area contributed by atoms with Crippen LogP contribution < -0.4 is 21.4 Å². The Labute approximate surface area is 207 Å². The summed E-state index contributed by atoms with van der Waals surface area (Å²) in [4.78, 5) is 31.3. The first kappa shape index (κ1) is 24.2. The average molecular weight is 543 g/mol. The van der Waals surface area contributed by atoms with Gasteiger partial charge < -0.3 is 19.5 Å². The van der Waals surface area contributed by atoms with Crippen LogP contribution in [0.15, 0.2) is 61.6 Å². The number of aromatic nitrogens is 4. The Morgan fingerprint density at radius 2 is 2.09 bits per heavy atom. The molecule has 0 amide bonds. The highest BCUT2D eigenvalue weighted by molar-refractivity contribution is 9.10. The number of fused-ring (bicyclic) bond motifs is 1. The first-order valence-corrected chi connectivity index (χ1v) is 11.4. The molecule has 0 aliphatic heterocycles. The van der Waals surface area contributed by atoms with E-state index in [0.29, 0.717) is 11.3 Å². The third-order valence-electron chi connectivity index (χ3n) is 5.19. The number of aliphatic hydroxyl groups is 1. The molecular formula is C23H23BrN6O5. The van der Waals surface area contributed by atoms with Crippen LogP contribution in [0.1, 0.15) is 11.1 Å². The fourth-order valence-electron chi connectivity index (χ4n) is 3.45. The number of phenols is 1. The van der Waals surface area contributed by atoms with Gasteiger partial charge in [-0.15, -0.1) is 0 Å². The van der Waals surface area contributed by atoms with Crippen LogP contribution >= 0.6 is 15.9 Å². The van der Waals surface area contributed by atoms with Crippen molar-refractivity contribution in [2.75, 3.05) is 12.0 Å². The Morgan fingerprint density at radius 1 is 1.29 bits per heavy atom. The SMILES string of the molecule is Cc1cccc(OCC(O)Cn2c(N/N=C/c3cc(Br)ccc3O)nc3c2c(=O)[nH]c(=O)n3C)c1. The molecule has 0 spiro atoms. The van der Waals surface area contributed by atoms with Crippen molar-refractivity contribution in [2.45, 2.75) is 19.6 Å². The number of anilines is 1. The van der Waals surface area contributed by atoms with Crippen LogP contribution in [0.5, 0.6) is 11.5 Å². The van der Waals surface area contributed by atoms with Gasteiger partial charge in [-0.05, 0) is 42.8 Å². The van der Waals surface area contributed by atoms with Gasteiger partial charge in [0, 0.05) is 17.1 Å². The van der Waals surface area contributed by atoms with Crippen molar-refractivity contribution in [2.24, 2.45) is 12.1 Å². The lowest BCUT2D eigenvalue weighted by atomic mass is 10.2. The minimum absolute atomic E-state index is 0.0230. The van der Waals surface area contributed by atoms with Crippen molar-refractivity contribution >= 4 is 39.3 Å². The number of rotatable bonds is 8. The quantitative estimate of drug-likeness (QED) is 0.197. The standard InChI is InChI=1S/C23H23BrN6O5/c1-13-4-3-5-17(8-13)35-12-16(31)11-30-19-20(29(2)23(34)27-21(19)33)26-22(30)28-25-10-14-9-15(24)6-7-18(14)32/h3-10,16,31-32H,11-12H2,1-2H3,(H,26,28)(H,27,33,34)/b25-10+. The van der Waals surface area contributed by atoms with Gasteiger partial charge in [-0.1, -0.05) is 28.1 Å². The second kappa shape index (κ2) is 10.2. The first-order valence-electron chi connectivity index (χ1n) is 10.6. The zero-order valence-corrected chi connectivity index (χ0v) is 20.5. The highest BCUT2D eigenvalue weighted by Gasteiger charge is 2.20. The summed E-state index contributed by atoms with van der Waals surface area (Å²) < 4.78 is 9.05. The van der Waals surface area contributed by atoms with Gasteiger partial charge >= 0.3 is 5.69 Å². The summed E-state index contributed by atoms with van der Waals surface area (Å²) in [5.41, 5.74) is 3.13. The summed E-state index contributed by atoms with van der Waals surface area (Å²) >= 11 is 3.33. The fraction of sp³-hybridized carbons (Fsp3) is 0.217. The van der Waals surface area contributed by atoms with Crippen LogP contribution in [-0.4, -0.2) is 48.2 Å². The predicted octanol–water partition coefficient (Wildman–Crippen LogP) is 2.09. The number of benzene rings is 2. The lowest BCUT2D eigenvalue weighted by molar-refractivity contribution is 0.0938. The van der Waals surface area contributed by atoms with E-state index in [9.17, 15) is 19.8 Å². The smallest absolute Gasteiger partial charge is 0.329 e. The number of imidazole rings is 1. The Hall–Kier alpha value is -3.90. The Balaban J connectivity index is 1.63. The number of ether oxygens (including phenoxy) is 1. The number of H-pyrrole nitrogens is 1. The van der Waals surface area contributed by atoms with Crippen LogP contribution in [0, 0.1) is 6.92 Å². The van der Waals surface area contributed by atoms with Gasteiger partial charge in [0.25, 0.3) is 5.56 Å². The molecule has 182 valence electrons. The molecule has 0 fully saturated rings. The third kappa shape index (κ3) is 5.44. The number of phenolic OH excluding ortho intramolecular Hbond substituents is 1. The van der Waals surface area contributed by atoms with Crippen LogP contribution in [0.2, 0.25) is 0 Å². The molecule has 11 nitrogen and oxygen atoms in total. The number of hydrazone groups is 1. The number of nitrogens with zero attached hydrogens (tertiary/aromatic N) is 4. The van der Waals surface area contributed by atoms with E-state index in [1.54, 1.807) is 18.2 Å². The van der Waals surface area contributed by atoms with Crippen molar-refractivity contribution in [3.05, 3.63) is 78.9 Å². The maximum absolute atomic E-state index is 12.6. The fourth-order valence-corrected chi connectivity index (χ4v) is 3.83. The maximum atomic E-state index is 12.6. The van der Waals surface area contributed by atoms with E-state index in [-0.39, 0.29) is 36.0 Å². The van der Waals surface area contributed by atoms with E-state index in [0.717, 1.165) is 10.0 Å². The molecule has 0 radical (unpaired) electrons. The first-order chi connectivity index (χ1) is 16.7. The van der Waals surface area contributed by atoms with Crippen LogP contribution in [-0.2, 0) is 13.6 Å².